The summed E-state index contributed by atoms with van der Waals surface area (Å²) < 4.78 is 0. The molecule has 0 saturated carbocycles. The van der Waals surface area contributed by atoms with Crippen LogP contribution in [0.3, 0.4) is 0 Å². The van der Waals surface area contributed by atoms with E-state index in [2.05, 4.69) is 0 Å². The zero-order valence-corrected chi connectivity index (χ0v) is 12.0. The predicted octanol–water partition coefficient (Wildman–Crippen LogP) is 1.69. The van der Waals surface area contributed by atoms with Gasteiger partial charge in [0.15, 0.2) is 0 Å². The molecule has 0 aliphatic carbocycles. The quantitative estimate of drug-likeness (QED) is 0.857. The van der Waals surface area contributed by atoms with Gasteiger partial charge in [0.1, 0.15) is 6.04 Å². The standard InChI is InChI=1S/C12H19NO3S2/c14-11(7-9-8-17-5-6-18-9)13-4-2-1-3-10(13)12(15)16/h9-10H,1-8H2,(H,15,16)/t9?,10-/m1/s1. The van der Waals surface area contributed by atoms with Crippen molar-refractivity contribution in [3.05, 3.63) is 0 Å². The van der Waals surface area contributed by atoms with Crippen LogP contribution >= 0.6 is 23.5 Å². The van der Waals surface area contributed by atoms with Crippen LogP contribution in [-0.2, 0) is 9.59 Å². The van der Waals surface area contributed by atoms with Crippen molar-refractivity contribution < 1.29 is 14.7 Å². The van der Waals surface area contributed by atoms with Crippen LogP contribution < -0.4 is 0 Å². The molecule has 2 rings (SSSR count). The maximum atomic E-state index is 12.2. The van der Waals surface area contributed by atoms with Gasteiger partial charge in [-0.2, -0.15) is 23.5 Å². The number of carboxylic acid groups (broad SMARTS) is 1. The van der Waals surface area contributed by atoms with Crippen LogP contribution in [0.5, 0.6) is 0 Å². The Bertz CT molecular complexity index is 318. The highest BCUT2D eigenvalue weighted by atomic mass is 32.2. The molecular formula is C12H19NO3S2. The molecule has 0 spiro atoms. The Morgan fingerprint density at radius 1 is 1.28 bits per heavy atom. The van der Waals surface area contributed by atoms with Crippen LogP contribution in [0, 0.1) is 0 Å². The normalized spacial score (nSPS) is 29.0. The lowest BCUT2D eigenvalue weighted by Gasteiger charge is -2.34. The van der Waals surface area contributed by atoms with Gasteiger partial charge in [-0.05, 0) is 19.3 Å². The van der Waals surface area contributed by atoms with Crippen LogP contribution in [0.25, 0.3) is 0 Å². The van der Waals surface area contributed by atoms with Gasteiger partial charge in [0, 0.05) is 35.5 Å². The summed E-state index contributed by atoms with van der Waals surface area (Å²) in [6.07, 6.45) is 2.95. The molecule has 0 aromatic rings. The predicted molar refractivity (Wildman–Crippen MR) is 75.2 cm³/mol. The van der Waals surface area contributed by atoms with E-state index in [0.29, 0.717) is 24.6 Å². The average Bonchev–Trinajstić information content (AvgIpc) is 2.40. The third-order valence-electron chi connectivity index (χ3n) is 3.40. The SMILES string of the molecule is O=C(O)[C@H]1CCCCN1C(=O)CC1CSCCS1. The monoisotopic (exact) mass is 289 g/mol. The lowest BCUT2D eigenvalue weighted by molar-refractivity contribution is -0.152. The molecule has 0 aromatic carbocycles. The number of likely N-dealkylation sites (tertiary alicyclic amines) is 1. The van der Waals surface area contributed by atoms with E-state index < -0.39 is 12.0 Å². The zero-order valence-electron chi connectivity index (χ0n) is 10.3. The molecule has 2 saturated heterocycles. The first-order chi connectivity index (χ1) is 8.68. The van der Waals surface area contributed by atoms with Crippen molar-refractivity contribution >= 4 is 35.4 Å². The second kappa shape index (κ2) is 6.70. The molecule has 0 aromatic heterocycles. The topological polar surface area (TPSA) is 57.6 Å². The molecule has 1 unspecified atom stereocenters. The minimum atomic E-state index is -0.853. The molecule has 6 heteroatoms. The van der Waals surface area contributed by atoms with Crippen molar-refractivity contribution in [3.63, 3.8) is 0 Å². The number of hydrogen-bond donors (Lipinski definition) is 1. The number of aliphatic carboxylic acids is 1. The largest absolute Gasteiger partial charge is 0.480 e. The van der Waals surface area contributed by atoms with Gasteiger partial charge >= 0.3 is 5.97 Å². The van der Waals surface area contributed by atoms with E-state index in [0.717, 1.165) is 30.1 Å². The third kappa shape index (κ3) is 3.57. The summed E-state index contributed by atoms with van der Waals surface area (Å²) in [6.45, 7) is 0.611. The minimum absolute atomic E-state index is 0.0297. The highest BCUT2D eigenvalue weighted by Gasteiger charge is 2.33. The second-order valence-electron chi connectivity index (χ2n) is 4.71. The third-order valence-corrected chi connectivity index (χ3v) is 6.24. The average molecular weight is 289 g/mol. The number of carbonyl (C=O) groups is 2. The van der Waals surface area contributed by atoms with Crippen LogP contribution in [0.1, 0.15) is 25.7 Å². The van der Waals surface area contributed by atoms with E-state index in [-0.39, 0.29) is 5.91 Å². The number of carboxylic acids is 1. The van der Waals surface area contributed by atoms with Gasteiger partial charge in [-0.15, -0.1) is 0 Å². The van der Waals surface area contributed by atoms with Crippen LogP contribution in [-0.4, -0.2) is 57.0 Å². The van der Waals surface area contributed by atoms with Crippen molar-refractivity contribution in [1.82, 2.24) is 4.90 Å². The summed E-state index contributed by atoms with van der Waals surface area (Å²) in [5.74, 6) is 2.46. The maximum absolute atomic E-state index is 12.2. The highest BCUT2D eigenvalue weighted by molar-refractivity contribution is 8.06. The molecule has 18 heavy (non-hydrogen) atoms. The van der Waals surface area contributed by atoms with E-state index in [1.807, 2.05) is 23.5 Å². The van der Waals surface area contributed by atoms with Crippen LogP contribution in [0.4, 0.5) is 0 Å². The summed E-state index contributed by atoms with van der Waals surface area (Å²) in [5, 5.41) is 9.53. The van der Waals surface area contributed by atoms with Crippen molar-refractivity contribution in [3.8, 4) is 0 Å². The van der Waals surface area contributed by atoms with Crippen molar-refractivity contribution in [1.29, 1.82) is 0 Å². The molecule has 102 valence electrons. The van der Waals surface area contributed by atoms with Crippen LogP contribution in [0.15, 0.2) is 0 Å². The smallest absolute Gasteiger partial charge is 0.326 e. The Hall–Kier alpha value is -0.360. The summed E-state index contributed by atoms with van der Waals surface area (Å²) in [4.78, 5) is 25.0. The Morgan fingerprint density at radius 3 is 2.78 bits per heavy atom. The summed E-state index contributed by atoms with van der Waals surface area (Å²) in [5.41, 5.74) is 0. The Morgan fingerprint density at radius 2 is 2.11 bits per heavy atom. The lowest BCUT2D eigenvalue weighted by atomic mass is 10.0. The Balaban J connectivity index is 1.91. The van der Waals surface area contributed by atoms with Gasteiger partial charge in [0.25, 0.3) is 0 Å². The Kier molecular flexibility index (Phi) is 5.24. The fraction of sp³-hybridized carbons (Fsp3) is 0.833. The summed E-state index contributed by atoms with van der Waals surface area (Å²) >= 11 is 3.74. The molecule has 1 amide bonds. The van der Waals surface area contributed by atoms with Crippen LogP contribution in [0.2, 0.25) is 0 Å². The van der Waals surface area contributed by atoms with Gasteiger partial charge in [-0.25, -0.2) is 4.79 Å². The molecule has 2 fully saturated rings. The van der Waals surface area contributed by atoms with Gasteiger partial charge in [0.05, 0.1) is 0 Å². The number of amides is 1. The van der Waals surface area contributed by atoms with E-state index >= 15 is 0 Å². The van der Waals surface area contributed by atoms with Gasteiger partial charge < -0.3 is 10.0 Å². The number of nitrogens with zero attached hydrogens (tertiary/aromatic N) is 1. The number of piperidine rings is 1. The van der Waals surface area contributed by atoms with Gasteiger partial charge in [-0.3, -0.25) is 4.79 Å². The number of thioether (sulfide) groups is 2. The van der Waals surface area contributed by atoms with Gasteiger partial charge in [0.2, 0.25) is 5.91 Å². The zero-order chi connectivity index (χ0) is 13.0. The van der Waals surface area contributed by atoms with E-state index in [1.54, 1.807) is 4.90 Å². The van der Waals surface area contributed by atoms with E-state index in [4.69, 9.17) is 5.11 Å². The van der Waals surface area contributed by atoms with Crippen molar-refractivity contribution in [2.45, 2.75) is 37.0 Å². The fourth-order valence-corrected chi connectivity index (χ4v) is 5.12. The molecular weight excluding hydrogens is 270 g/mol. The Labute approximate surface area is 116 Å². The first-order valence-corrected chi connectivity index (χ1v) is 8.60. The second-order valence-corrected chi connectivity index (χ2v) is 7.27. The van der Waals surface area contributed by atoms with Crippen molar-refractivity contribution in [2.75, 3.05) is 23.8 Å². The molecule has 2 heterocycles. The number of rotatable bonds is 3. The highest BCUT2D eigenvalue weighted by Crippen LogP contribution is 2.28. The lowest BCUT2D eigenvalue weighted by Crippen LogP contribution is -2.48. The van der Waals surface area contributed by atoms with E-state index in [9.17, 15) is 9.59 Å². The fourth-order valence-electron chi connectivity index (χ4n) is 2.45. The molecule has 2 aliphatic rings. The number of hydrogen-bond acceptors (Lipinski definition) is 4. The summed E-state index contributed by atoms with van der Waals surface area (Å²) in [6, 6.07) is -0.590. The molecule has 0 bridgehead atoms. The summed E-state index contributed by atoms with van der Waals surface area (Å²) in [7, 11) is 0. The van der Waals surface area contributed by atoms with Gasteiger partial charge in [-0.1, -0.05) is 0 Å². The molecule has 4 nitrogen and oxygen atoms in total. The van der Waals surface area contributed by atoms with Crippen molar-refractivity contribution in [2.24, 2.45) is 0 Å². The molecule has 2 aliphatic heterocycles. The number of carbonyl (C=O) groups excluding carboxylic acids is 1. The molecule has 2 atom stereocenters. The first kappa shape index (κ1) is 14.1. The van der Waals surface area contributed by atoms with E-state index in [1.165, 1.54) is 0 Å². The first-order valence-electron chi connectivity index (χ1n) is 6.40. The molecule has 1 N–H and O–H groups in total. The maximum Gasteiger partial charge on any atom is 0.326 e. The molecule has 0 radical (unpaired) electrons. The minimum Gasteiger partial charge on any atom is -0.480 e.